The zero-order valence-corrected chi connectivity index (χ0v) is 30.1. The Labute approximate surface area is 274 Å². The molecule has 262 valence electrons. The topological polar surface area (TPSA) is 65.1 Å². The predicted molar refractivity (Wildman–Crippen MR) is 186 cm³/mol. The third-order valence-corrected chi connectivity index (χ3v) is 8.65. The zero-order valence-electron chi connectivity index (χ0n) is 30.1. The van der Waals surface area contributed by atoms with E-state index < -0.39 is 0 Å². The van der Waals surface area contributed by atoms with Gasteiger partial charge < -0.3 is 19.1 Å². The lowest BCUT2D eigenvalue weighted by Gasteiger charge is -2.18. The van der Waals surface area contributed by atoms with Gasteiger partial charge in [0.1, 0.15) is 0 Å². The first kappa shape index (κ1) is 42.9. The molecule has 0 aromatic heterocycles. The maximum Gasteiger partial charge on any atom is 0.311 e. The van der Waals surface area contributed by atoms with Crippen molar-refractivity contribution in [2.45, 2.75) is 175 Å². The molecule has 0 rings (SSSR count). The van der Waals surface area contributed by atoms with Gasteiger partial charge in [0.15, 0.2) is 0 Å². The molecule has 0 aliphatic heterocycles. The summed E-state index contributed by atoms with van der Waals surface area (Å²) in [5.41, 5.74) is 0. The Hall–Kier alpha value is -1.14. The zero-order chi connectivity index (χ0) is 32.5. The van der Waals surface area contributed by atoms with Crippen LogP contribution in [-0.4, -0.2) is 63.9 Å². The number of ether oxygens (including phenoxy) is 3. The van der Waals surface area contributed by atoms with E-state index in [4.69, 9.17) is 14.2 Å². The molecule has 0 saturated carbocycles. The van der Waals surface area contributed by atoms with Crippen LogP contribution in [0.4, 0.5) is 0 Å². The molecule has 0 aromatic carbocycles. The fourth-order valence-corrected chi connectivity index (χ4v) is 5.56. The summed E-state index contributed by atoms with van der Waals surface area (Å²) in [5, 5.41) is 0. The van der Waals surface area contributed by atoms with Crippen LogP contribution in [0.25, 0.3) is 0 Å². The average Bonchev–Trinajstić information content (AvgIpc) is 3.01. The maximum absolute atomic E-state index is 12.7. The van der Waals surface area contributed by atoms with Gasteiger partial charge in [-0.3, -0.25) is 9.59 Å². The highest BCUT2D eigenvalue weighted by Crippen LogP contribution is 2.19. The summed E-state index contributed by atoms with van der Waals surface area (Å²) in [4.78, 5) is 27.1. The van der Waals surface area contributed by atoms with Crippen molar-refractivity contribution in [1.82, 2.24) is 4.90 Å². The highest BCUT2D eigenvalue weighted by Gasteiger charge is 2.20. The van der Waals surface area contributed by atoms with Gasteiger partial charge >= 0.3 is 11.9 Å². The minimum atomic E-state index is -0.179. The van der Waals surface area contributed by atoms with E-state index in [-0.39, 0.29) is 17.9 Å². The summed E-state index contributed by atoms with van der Waals surface area (Å²) in [7, 11) is 4.07. The molecule has 44 heavy (non-hydrogen) atoms. The molecular weight excluding hydrogens is 550 g/mol. The first-order valence-electron chi connectivity index (χ1n) is 19.0. The van der Waals surface area contributed by atoms with Crippen molar-refractivity contribution in [3.8, 4) is 0 Å². The molecule has 0 fully saturated rings. The smallest absolute Gasteiger partial charge is 0.311 e. The van der Waals surface area contributed by atoms with E-state index in [1.54, 1.807) is 0 Å². The molecule has 6 heteroatoms. The van der Waals surface area contributed by atoms with Crippen molar-refractivity contribution < 1.29 is 23.8 Å². The quantitative estimate of drug-likeness (QED) is 0.0524. The molecule has 0 spiro atoms. The van der Waals surface area contributed by atoms with Gasteiger partial charge in [0.25, 0.3) is 0 Å². The van der Waals surface area contributed by atoms with Crippen LogP contribution in [0.1, 0.15) is 175 Å². The Morgan fingerprint density at radius 2 is 1.07 bits per heavy atom. The van der Waals surface area contributed by atoms with Crippen LogP contribution in [0.3, 0.4) is 0 Å². The van der Waals surface area contributed by atoms with E-state index in [1.165, 1.54) is 89.9 Å². The normalized spacial score (nSPS) is 12.9. The van der Waals surface area contributed by atoms with Gasteiger partial charge in [0, 0.05) is 13.0 Å². The van der Waals surface area contributed by atoms with E-state index >= 15 is 0 Å². The molecule has 0 saturated heterocycles. The van der Waals surface area contributed by atoms with Crippen molar-refractivity contribution in [2.75, 3.05) is 47.1 Å². The molecule has 0 aromatic rings. The third-order valence-electron chi connectivity index (χ3n) is 8.65. The number of unbranched alkanes of at least 4 members (excludes halogenated alkanes) is 16. The number of carbonyl (C=O) groups is 2. The van der Waals surface area contributed by atoms with Crippen molar-refractivity contribution in [3.05, 3.63) is 0 Å². The number of carbonyl (C=O) groups excluding carboxylic acids is 2. The number of hydrogen-bond acceptors (Lipinski definition) is 6. The lowest BCUT2D eigenvalue weighted by Crippen LogP contribution is -2.27. The van der Waals surface area contributed by atoms with Gasteiger partial charge in [0.05, 0.1) is 25.7 Å². The summed E-state index contributed by atoms with van der Waals surface area (Å²) in [6.45, 7) is 9.89. The molecule has 0 radical (unpaired) electrons. The van der Waals surface area contributed by atoms with Gasteiger partial charge in [-0.2, -0.15) is 0 Å². The monoisotopic (exact) mass is 626 g/mol. The van der Waals surface area contributed by atoms with Crippen LogP contribution in [0.15, 0.2) is 0 Å². The van der Waals surface area contributed by atoms with Crippen molar-refractivity contribution in [3.63, 3.8) is 0 Å². The molecule has 0 N–H and O–H groups in total. The van der Waals surface area contributed by atoms with Gasteiger partial charge in [-0.15, -0.1) is 0 Å². The Bertz CT molecular complexity index is 626. The van der Waals surface area contributed by atoms with Crippen molar-refractivity contribution in [1.29, 1.82) is 0 Å². The molecule has 0 bridgehead atoms. The molecule has 2 atom stereocenters. The largest absolute Gasteiger partial charge is 0.465 e. The SMILES string of the molecule is CCCCCCCCCOCC(CCN(C)C)C(=O)OCCCCCCCCCC(=O)OCC(CCCC)CCCCCC. The molecule has 2 unspecified atom stereocenters. The van der Waals surface area contributed by atoms with Gasteiger partial charge in [-0.25, -0.2) is 0 Å². The summed E-state index contributed by atoms with van der Waals surface area (Å²) < 4.78 is 17.2. The molecule has 0 heterocycles. The van der Waals surface area contributed by atoms with Crippen LogP contribution >= 0.6 is 0 Å². The number of nitrogens with zero attached hydrogens (tertiary/aromatic N) is 1. The first-order chi connectivity index (χ1) is 21.4. The second-order valence-corrected chi connectivity index (χ2v) is 13.4. The number of hydrogen-bond donors (Lipinski definition) is 0. The maximum atomic E-state index is 12.7. The minimum Gasteiger partial charge on any atom is -0.465 e. The second kappa shape index (κ2) is 33.2. The van der Waals surface area contributed by atoms with Crippen LogP contribution in [0, 0.1) is 11.8 Å². The lowest BCUT2D eigenvalue weighted by molar-refractivity contribution is -0.151. The highest BCUT2D eigenvalue weighted by atomic mass is 16.5. The minimum absolute atomic E-state index is 0.0195. The van der Waals surface area contributed by atoms with E-state index in [2.05, 4.69) is 25.7 Å². The second-order valence-electron chi connectivity index (χ2n) is 13.4. The number of rotatable bonds is 34. The lowest BCUT2D eigenvalue weighted by atomic mass is 9.96. The Balaban J connectivity index is 3.91. The fraction of sp³-hybridized carbons (Fsp3) is 0.947. The van der Waals surface area contributed by atoms with Crippen molar-refractivity contribution >= 4 is 11.9 Å². The van der Waals surface area contributed by atoms with E-state index in [0.29, 0.717) is 32.2 Å². The fourth-order valence-electron chi connectivity index (χ4n) is 5.56. The van der Waals surface area contributed by atoms with Gasteiger partial charge in [-0.1, -0.05) is 130 Å². The Morgan fingerprint density at radius 3 is 1.68 bits per heavy atom. The van der Waals surface area contributed by atoms with Crippen LogP contribution in [0.2, 0.25) is 0 Å². The van der Waals surface area contributed by atoms with Gasteiger partial charge in [0.2, 0.25) is 0 Å². The van der Waals surface area contributed by atoms with Crippen LogP contribution in [0.5, 0.6) is 0 Å². The van der Waals surface area contributed by atoms with Crippen LogP contribution in [-0.2, 0) is 23.8 Å². The number of esters is 2. The first-order valence-corrected chi connectivity index (χ1v) is 19.0. The summed E-state index contributed by atoms with van der Waals surface area (Å²) in [6, 6.07) is 0. The molecule has 0 aliphatic rings. The summed E-state index contributed by atoms with van der Waals surface area (Å²) in [5.74, 6) is 0.231. The summed E-state index contributed by atoms with van der Waals surface area (Å²) in [6.07, 6.45) is 27.5. The van der Waals surface area contributed by atoms with E-state index in [1.807, 2.05) is 14.1 Å². The van der Waals surface area contributed by atoms with Crippen LogP contribution < -0.4 is 0 Å². The predicted octanol–water partition coefficient (Wildman–Crippen LogP) is 10.3. The molecule has 0 aliphatic carbocycles. The van der Waals surface area contributed by atoms with Gasteiger partial charge in [-0.05, 0) is 65.1 Å². The Morgan fingerprint density at radius 1 is 0.545 bits per heavy atom. The van der Waals surface area contributed by atoms with E-state index in [9.17, 15) is 9.59 Å². The average molecular weight is 626 g/mol. The Kier molecular flexibility index (Phi) is 32.4. The summed E-state index contributed by atoms with van der Waals surface area (Å²) >= 11 is 0. The molecule has 6 nitrogen and oxygen atoms in total. The molecule has 0 amide bonds. The molecular formula is C38H75NO5. The highest BCUT2D eigenvalue weighted by molar-refractivity contribution is 5.72. The van der Waals surface area contributed by atoms with E-state index in [0.717, 1.165) is 70.9 Å². The third kappa shape index (κ3) is 29.6. The van der Waals surface area contributed by atoms with Crippen molar-refractivity contribution in [2.24, 2.45) is 11.8 Å². The standard InChI is InChI=1S/C38H75NO5/c1-6-9-12-14-17-20-24-31-42-34-36(29-30-39(4)5)38(41)43-32-25-21-18-15-16-19-23-28-37(40)44-33-35(26-11-8-3)27-22-13-10-7-2/h35-36H,6-34H2,1-5H3.